The van der Waals surface area contributed by atoms with Gasteiger partial charge in [0.05, 0.1) is 0 Å². The lowest BCUT2D eigenvalue weighted by molar-refractivity contribution is -0.117. The fourth-order valence-corrected chi connectivity index (χ4v) is 3.44. The van der Waals surface area contributed by atoms with Gasteiger partial charge < -0.3 is 0 Å². The van der Waals surface area contributed by atoms with Crippen molar-refractivity contribution in [3.05, 3.63) is 5.82 Å². The minimum Gasteiger partial charge on any atom is -0.300 e. The van der Waals surface area contributed by atoms with Crippen molar-refractivity contribution >= 4 is 29.1 Å². The molecule has 5 heteroatoms. The lowest BCUT2D eigenvalue weighted by atomic mass is 10.4. The fraction of sp³-hybridized carbons (Fsp3) is 0.625. The molecule has 0 bridgehead atoms. The summed E-state index contributed by atoms with van der Waals surface area (Å²) in [4.78, 5) is 15.3. The highest BCUT2D eigenvalue weighted by atomic mass is 32.2. The summed E-state index contributed by atoms with van der Waals surface area (Å²) in [6.45, 7) is 1.89. The number of aromatic nitrogens is 2. The second-order valence-electron chi connectivity index (χ2n) is 3.13. The summed E-state index contributed by atoms with van der Waals surface area (Å²) in [6.07, 6.45) is 2.46. The van der Waals surface area contributed by atoms with Crippen LogP contribution in [0.15, 0.2) is 4.34 Å². The molecule has 0 spiro atoms. The highest BCUT2D eigenvalue weighted by Crippen LogP contribution is 2.33. The molecular weight excluding hydrogens is 204 g/mol. The normalized spacial score (nSPS) is 22.5. The third kappa shape index (κ3) is 2.28. The second kappa shape index (κ2) is 3.75. The summed E-state index contributed by atoms with van der Waals surface area (Å²) in [5.74, 6) is 1.22. The molecule has 1 unspecified atom stereocenters. The first kappa shape index (κ1) is 9.15. The van der Waals surface area contributed by atoms with Gasteiger partial charge in [0.25, 0.3) is 0 Å². The molecule has 1 heterocycles. The third-order valence-electron chi connectivity index (χ3n) is 1.98. The Bertz CT molecular complexity index is 324. The summed E-state index contributed by atoms with van der Waals surface area (Å²) >= 11 is 3.13. The number of Topliss-reactive ketones (excluding diaryl/α,β-unsaturated/α-hetero) is 1. The second-order valence-corrected chi connectivity index (χ2v) is 5.43. The van der Waals surface area contributed by atoms with E-state index in [9.17, 15) is 4.79 Å². The van der Waals surface area contributed by atoms with Gasteiger partial charge in [-0.1, -0.05) is 11.8 Å². The lowest BCUT2D eigenvalue weighted by Gasteiger charge is -2.02. The Morgan fingerprint density at radius 3 is 3.00 bits per heavy atom. The number of carbonyl (C=O) groups is 1. The SMILES string of the molecule is Cc1nsc(SC2CCC(=O)C2)n1. The Morgan fingerprint density at radius 1 is 1.62 bits per heavy atom. The number of rotatable bonds is 2. The summed E-state index contributed by atoms with van der Waals surface area (Å²) in [5.41, 5.74) is 0. The van der Waals surface area contributed by atoms with Gasteiger partial charge in [0, 0.05) is 18.1 Å². The maximum atomic E-state index is 11.0. The summed E-state index contributed by atoms with van der Waals surface area (Å²) in [6, 6.07) is 0. The average molecular weight is 214 g/mol. The molecule has 1 aromatic rings. The first-order chi connectivity index (χ1) is 6.24. The Labute approximate surface area is 85.1 Å². The molecule has 1 aromatic heterocycles. The monoisotopic (exact) mass is 214 g/mol. The van der Waals surface area contributed by atoms with E-state index in [0.717, 1.165) is 23.0 Å². The quantitative estimate of drug-likeness (QED) is 0.755. The van der Waals surface area contributed by atoms with E-state index in [1.807, 2.05) is 6.92 Å². The van der Waals surface area contributed by atoms with Crippen molar-refractivity contribution in [1.82, 2.24) is 9.36 Å². The smallest absolute Gasteiger partial charge is 0.170 e. The van der Waals surface area contributed by atoms with Crippen molar-refractivity contribution in [2.75, 3.05) is 0 Å². The molecule has 0 saturated heterocycles. The van der Waals surface area contributed by atoms with Crippen molar-refractivity contribution in [1.29, 1.82) is 0 Å². The summed E-state index contributed by atoms with van der Waals surface area (Å²) < 4.78 is 5.10. The van der Waals surface area contributed by atoms with Gasteiger partial charge in [0.2, 0.25) is 0 Å². The van der Waals surface area contributed by atoms with E-state index in [1.54, 1.807) is 11.8 Å². The predicted molar refractivity (Wildman–Crippen MR) is 53.1 cm³/mol. The van der Waals surface area contributed by atoms with Crippen LogP contribution in [0.5, 0.6) is 0 Å². The predicted octanol–water partition coefficient (Wildman–Crippen LogP) is 2.06. The van der Waals surface area contributed by atoms with Crippen molar-refractivity contribution in [3.63, 3.8) is 0 Å². The average Bonchev–Trinajstić information content (AvgIpc) is 2.62. The van der Waals surface area contributed by atoms with Crippen molar-refractivity contribution in [2.45, 2.75) is 35.8 Å². The summed E-state index contributed by atoms with van der Waals surface area (Å²) in [7, 11) is 0. The van der Waals surface area contributed by atoms with E-state index in [1.165, 1.54) is 11.5 Å². The molecule has 70 valence electrons. The maximum Gasteiger partial charge on any atom is 0.170 e. The highest BCUT2D eigenvalue weighted by Gasteiger charge is 2.23. The van der Waals surface area contributed by atoms with Gasteiger partial charge in [-0.2, -0.15) is 4.37 Å². The largest absolute Gasteiger partial charge is 0.300 e. The first-order valence-corrected chi connectivity index (χ1v) is 5.88. The van der Waals surface area contributed by atoms with E-state index in [2.05, 4.69) is 9.36 Å². The van der Waals surface area contributed by atoms with Crippen LogP contribution in [0.2, 0.25) is 0 Å². The van der Waals surface area contributed by atoms with Crippen LogP contribution in [0.25, 0.3) is 0 Å². The van der Waals surface area contributed by atoms with Gasteiger partial charge in [-0.25, -0.2) is 4.98 Å². The van der Waals surface area contributed by atoms with Crippen LogP contribution < -0.4 is 0 Å². The molecule has 0 amide bonds. The first-order valence-electron chi connectivity index (χ1n) is 4.23. The van der Waals surface area contributed by atoms with Crippen LogP contribution in [0.1, 0.15) is 25.1 Å². The number of hydrogen-bond donors (Lipinski definition) is 0. The number of aryl methyl sites for hydroxylation is 1. The van der Waals surface area contributed by atoms with Crippen molar-refractivity contribution < 1.29 is 4.79 Å². The van der Waals surface area contributed by atoms with Gasteiger partial charge >= 0.3 is 0 Å². The van der Waals surface area contributed by atoms with Gasteiger partial charge in [-0.3, -0.25) is 4.79 Å². The van der Waals surface area contributed by atoms with Gasteiger partial charge in [0.15, 0.2) is 4.34 Å². The van der Waals surface area contributed by atoms with E-state index < -0.39 is 0 Å². The zero-order valence-electron chi connectivity index (χ0n) is 7.32. The van der Waals surface area contributed by atoms with Gasteiger partial charge in [-0.05, 0) is 24.9 Å². The van der Waals surface area contributed by atoms with Crippen LogP contribution >= 0.6 is 23.3 Å². The minimum atomic E-state index is 0.388. The molecule has 1 saturated carbocycles. The molecule has 1 atom stereocenters. The topological polar surface area (TPSA) is 42.9 Å². The molecular formula is C8H10N2OS2. The molecule has 0 N–H and O–H groups in total. The van der Waals surface area contributed by atoms with Crippen LogP contribution in [-0.2, 0) is 4.79 Å². The molecule has 0 aliphatic heterocycles. The number of hydrogen-bond acceptors (Lipinski definition) is 5. The maximum absolute atomic E-state index is 11.0. The number of thioether (sulfide) groups is 1. The zero-order chi connectivity index (χ0) is 9.26. The molecule has 0 radical (unpaired) electrons. The molecule has 1 fully saturated rings. The summed E-state index contributed by atoms with van der Waals surface area (Å²) in [5, 5.41) is 0.444. The zero-order valence-corrected chi connectivity index (χ0v) is 8.95. The van der Waals surface area contributed by atoms with Crippen molar-refractivity contribution in [2.24, 2.45) is 0 Å². The standard InChI is InChI=1S/C8H10N2OS2/c1-5-9-8(13-10-5)12-7-3-2-6(11)4-7/h7H,2-4H2,1H3. The van der Waals surface area contributed by atoms with Crippen LogP contribution in [0.3, 0.4) is 0 Å². The van der Waals surface area contributed by atoms with E-state index >= 15 is 0 Å². The fourth-order valence-electron chi connectivity index (χ4n) is 1.35. The van der Waals surface area contributed by atoms with Crippen LogP contribution in [0, 0.1) is 6.92 Å². The lowest BCUT2D eigenvalue weighted by Crippen LogP contribution is -1.95. The van der Waals surface area contributed by atoms with Gasteiger partial charge in [0.1, 0.15) is 11.6 Å². The van der Waals surface area contributed by atoms with E-state index in [0.29, 0.717) is 17.5 Å². The number of nitrogens with zero attached hydrogens (tertiary/aromatic N) is 2. The van der Waals surface area contributed by atoms with Crippen LogP contribution in [0.4, 0.5) is 0 Å². The van der Waals surface area contributed by atoms with E-state index in [-0.39, 0.29) is 0 Å². The number of ketones is 1. The van der Waals surface area contributed by atoms with Gasteiger partial charge in [-0.15, -0.1) is 0 Å². The molecule has 3 nitrogen and oxygen atoms in total. The molecule has 1 aliphatic carbocycles. The Hall–Kier alpha value is -0.420. The molecule has 0 aromatic carbocycles. The Balaban J connectivity index is 1.95. The molecule has 1 aliphatic rings. The number of carbonyl (C=O) groups excluding carboxylic acids is 1. The molecule has 2 rings (SSSR count). The van der Waals surface area contributed by atoms with E-state index in [4.69, 9.17) is 0 Å². The molecule has 13 heavy (non-hydrogen) atoms. The minimum absolute atomic E-state index is 0.388. The third-order valence-corrected chi connectivity index (χ3v) is 4.12. The van der Waals surface area contributed by atoms with Crippen LogP contribution in [-0.4, -0.2) is 20.4 Å². The Morgan fingerprint density at radius 2 is 2.46 bits per heavy atom. The highest BCUT2D eigenvalue weighted by molar-refractivity contribution is 8.01. The van der Waals surface area contributed by atoms with Crippen molar-refractivity contribution in [3.8, 4) is 0 Å². The Kier molecular flexibility index (Phi) is 2.64.